The van der Waals surface area contributed by atoms with Crippen LogP contribution in [-0.2, 0) is 10.3 Å². The van der Waals surface area contributed by atoms with Crippen LogP contribution in [0.15, 0.2) is 22.7 Å². The molecule has 14 heavy (non-hydrogen) atoms. The predicted octanol–water partition coefficient (Wildman–Crippen LogP) is 3.25. The fraction of sp³-hybridized carbons (Fsp3) is 0.300. The quantitative estimate of drug-likeness (QED) is 0.773. The van der Waals surface area contributed by atoms with E-state index in [2.05, 4.69) is 21.2 Å². The normalized spacial score (nSPS) is 18.1. The average molecular weight is 256 g/mol. The second kappa shape index (κ2) is 2.98. The first-order chi connectivity index (χ1) is 6.50. The van der Waals surface area contributed by atoms with E-state index in [4.69, 9.17) is 4.74 Å². The lowest BCUT2D eigenvalue weighted by Gasteiger charge is -2.32. The number of anilines is 1. The number of hydrogen-bond donors (Lipinski definition) is 1. The van der Waals surface area contributed by atoms with Crippen molar-refractivity contribution in [2.75, 3.05) is 5.32 Å². The van der Waals surface area contributed by atoms with Crippen LogP contribution in [0.4, 0.5) is 10.5 Å². The van der Waals surface area contributed by atoms with E-state index in [-0.39, 0.29) is 0 Å². The lowest BCUT2D eigenvalue weighted by Crippen LogP contribution is -2.34. The van der Waals surface area contributed by atoms with Crippen LogP contribution >= 0.6 is 15.9 Å². The summed E-state index contributed by atoms with van der Waals surface area (Å²) in [7, 11) is 0. The van der Waals surface area contributed by atoms with E-state index in [1.807, 2.05) is 32.0 Å². The van der Waals surface area contributed by atoms with Crippen molar-refractivity contribution in [1.29, 1.82) is 0 Å². The van der Waals surface area contributed by atoms with Crippen LogP contribution < -0.4 is 5.32 Å². The number of halogens is 1. The molecule has 1 aliphatic rings. The zero-order valence-corrected chi connectivity index (χ0v) is 9.51. The number of nitrogens with one attached hydrogen (secondary N) is 1. The number of cyclic esters (lactones) is 1. The number of amides is 1. The Morgan fingerprint density at radius 3 is 2.86 bits per heavy atom. The first kappa shape index (κ1) is 9.52. The number of carbonyl (C=O) groups excluding carboxylic acids is 1. The van der Waals surface area contributed by atoms with Crippen LogP contribution in [0.5, 0.6) is 0 Å². The molecular formula is C10H10BrNO2. The molecule has 1 N–H and O–H groups in total. The Hall–Kier alpha value is -1.03. The van der Waals surface area contributed by atoms with Gasteiger partial charge in [0.1, 0.15) is 5.60 Å². The summed E-state index contributed by atoms with van der Waals surface area (Å²) in [5.74, 6) is 0. The monoisotopic (exact) mass is 255 g/mol. The highest BCUT2D eigenvalue weighted by Crippen LogP contribution is 2.39. The maximum Gasteiger partial charge on any atom is 0.412 e. The average Bonchev–Trinajstić information content (AvgIpc) is 2.05. The van der Waals surface area contributed by atoms with Crippen molar-refractivity contribution in [3.05, 3.63) is 28.2 Å². The van der Waals surface area contributed by atoms with Crippen LogP contribution in [-0.4, -0.2) is 6.09 Å². The molecule has 0 unspecified atom stereocenters. The molecule has 1 amide bonds. The molecule has 0 atom stereocenters. The first-order valence-electron chi connectivity index (χ1n) is 4.30. The van der Waals surface area contributed by atoms with E-state index in [0.29, 0.717) is 0 Å². The van der Waals surface area contributed by atoms with Gasteiger partial charge in [-0.15, -0.1) is 0 Å². The molecule has 0 fully saturated rings. The van der Waals surface area contributed by atoms with Gasteiger partial charge in [-0.1, -0.05) is 12.1 Å². The minimum Gasteiger partial charge on any atom is -0.438 e. The second-order valence-electron chi connectivity index (χ2n) is 3.69. The smallest absolute Gasteiger partial charge is 0.412 e. The lowest BCUT2D eigenvalue weighted by atomic mass is 9.95. The van der Waals surface area contributed by atoms with Crippen molar-refractivity contribution in [3.63, 3.8) is 0 Å². The summed E-state index contributed by atoms with van der Waals surface area (Å²) in [5, 5.41) is 2.68. The molecule has 74 valence electrons. The minimum absolute atomic E-state index is 0.408. The molecule has 1 aliphatic heterocycles. The summed E-state index contributed by atoms with van der Waals surface area (Å²) < 4.78 is 6.06. The van der Waals surface area contributed by atoms with Gasteiger partial charge in [0.25, 0.3) is 0 Å². The Balaban J connectivity index is 2.63. The molecular weight excluding hydrogens is 246 g/mol. The third kappa shape index (κ3) is 1.39. The number of carbonyl (C=O) groups is 1. The van der Waals surface area contributed by atoms with Crippen LogP contribution in [0, 0.1) is 0 Å². The Labute approximate surface area is 90.6 Å². The molecule has 1 aromatic carbocycles. The second-order valence-corrected chi connectivity index (χ2v) is 4.54. The number of hydrogen-bond acceptors (Lipinski definition) is 2. The van der Waals surface area contributed by atoms with Gasteiger partial charge in [0.15, 0.2) is 0 Å². The number of fused-ring (bicyclic) bond motifs is 1. The molecule has 0 bridgehead atoms. The summed E-state index contributed by atoms with van der Waals surface area (Å²) in [6.07, 6.45) is -0.408. The minimum atomic E-state index is -0.568. The third-order valence-corrected chi connectivity index (χ3v) is 2.90. The van der Waals surface area contributed by atoms with Gasteiger partial charge in [-0.25, -0.2) is 4.79 Å². The van der Waals surface area contributed by atoms with Crippen LogP contribution in [0.25, 0.3) is 0 Å². The van der Waals surface area contributed by atoms with Gasteiger partial charge in [0.2, 0.25) is 0 Å². The molecule has 0 saturated carbocycles. The van der Waals surface area contributed by atoms with Crippen molar-refractivity contribution in [2.45, 2.75) is 19.4 Å². The number of benzene rings is 1. The van der Waals surface area contributed by atoms with Crippen molar-refractivity contribution in [3.8, 4) is 0 Å². The standard InChI is InChI=1S/C10H10BrNO2/c1-10(2)6-4-3-5-7(11)8(6)12-9(13)14-10/h3-5H,1-2H3,(H,12,13). The zero-order chi connectivity index (χ0) is 10.3. The SMILES string of the molecule is CC1(C)OC(=O)Nc2c(Br)cccc21. The van der Waals surface area contributed by atoms with E-state index in [1.54, 1.807) is 0 Å². The van der Waals surface area contributed by atoms with Crippen molar-refractivity contribution < 1.29 is 9.53 Å². The van der Waals surface area contributed by atoms with Crippen LogP contribution in [0.2, 0.25) is 0 Å². The summed E-state index contributed by atoms with van der Waals surface area (Å²) in [6, 6.07) is 5.76. The third-order valence-electron chi connectivity index (χ3n) is 2.24. The first-order valence-corrected chi connectivity index (χ1v) is 5.09. The van der Waals surface area contributed by atoms with E-state index in [9.17, 15) is 4.79 Å². The van der Waals surface area contributed by atoms with Gasteiger partial charge in [-0.2, -0.15) is 0 Å². The highest BCUT2D eigenvalue weighted by atomic mass is 79.9. The van der Waals surface area contributed by atoms with Crippen molar-refractivity contribution >= 4 is 27.7 Å². The molecule has 0 radical (unpaired) electrons. The Morgan fingerprint density at radius 1 is 1.43 bits per heavy atom. The fourth-order valence-electron chi connectivity index (χ4n) is 1.57. The highest BCUT2D eigenvalue weighted by Gasteiger charge is 2.33. The van der Waals surface area contributed by atoms with Gasteiger partial charge in [0, 0.05) is 10.0 Å². The van der Waals surface area contributed by atoms with Crippen LogP contribution in [0.3, 0.4) is 0 Å². The maximum absolute atomic E-state index is 11.2. The van der Waals surface area contributed by atoms with Gasteiger partial charge < -0.3 is 4.74 Å². The summed E-state index contributed by atoms with van der Waals surface area (Å²) in [6.45, 7) is 3.74. The summed E-state index contributed by atoms with van der Waals surface area (Å²) >= 11 is 3.39. The zero-order valence-electron chi connectivity index (χ0n) is 7.93. The van der Waals surface area contributed by atoms with Gasteiger partial charge >= 0.3 is 6.09 Å². The summed E-state index contributed by atoms with van der Waals surface area (Å²) in [4.78, 5) is 11.2. The van der Waals surface area contributed by atoms with Gasteiger partial charge in [0.05, 0.1) is 5.69 Å². The van der Waals surface area contributed by atoms with E-state index in [1.165, 1.54) is 0 Å². The molecule has 4 heteroatoms. The molecule has 0 saturated heterocycles. The molecule has 1 aromatic rings. The molecule has 2 rings (SSSR count). The fourth-order valence-corrected chi connectivity index (χ4v) is 2.03. The van der Waals surface area contributed by atoms with Crippen molar-refractivity contribution in [2.24, 2.45) is 0 Å². The lowest BCUT2D eigenvalue weighted by molar-refractivity contribution is 0.0420. The molecule has 0 aromatic heterocycles. The van der Waals surface area contributed by atoms with E-state index < -0.39 is 11.7 Å². The predicted molar refractivity (Wildman–Crippen MR) is 57.3 cm³/mol. The number of ether oxygens (including phenoxy) is 1. The van der Waals surface area contributed by atoms with E-state index >= 15 is 0 Å². The largest absolute Gasteiger partial charge is 0.438 e. The molecule has 0 spiro atoms. The van der Waals surface area contributed by atoms with E-state index in [0.717, 1.165) is 15.7 Å². The van der Waals surface area contributed by atoms with Crippen LogP contribution in [0.1, 0.15) is 19.4 Å². The van der Waals surface area contributed by atoms with Gasteiger partial charge in [-0.3, -0.25) is 5.32 Å². The number of rotatable bonds is 0. The molecule has 0 aliphatic carbocycles. The topological polar surface area (TPSA) is 38.3 Å². The maximum atomic E-state index is 11.2. The van der Waals surface area contributed by atoms with Crippen molar-refractivity contribution in [1.82, 2.24) is 0 Å². The number of para-hydroxylation sites is 1. The Kier molecular flexibility index (Phi) is 2.03. The Morgan fingerprint density at radius 2 is 2.14 bits per heavy atom. The highest BCUT2D eigenvalue weighted by molar-refractivity contribution is 9.10. The molecule has 3 nitrogen and oxygen atoms in total. The summed E-state index contributed by atoms with van der Waals surface area (Å²) in [5.41, 5.74) is 1.21. The Bertz CT molecular complexity index is 401. The molecule has 1 heterocycles. The van der Waals surface area contributed by atoms with Gasteiger partial charge in [-0.05, 0) is 35.8 Å².